The zero-order valence-corrected chi connectivity index (χ0v) is 12.5. The molecule has 0 unspecified atom stereocenters. The monoisotopic (exact) mass is 303 g/mol. The fourth-order valence-corrected chi connectivity index (χ4v) is 3.21. The van der Waals surface area contributed by atoms with Crippen LogP contribution in [0, 0.1) is 6.92 Å². The van der Waals surface area contributed by atoms with Gasteiger partial charge in [-0.15, -0.1) is 11.3 Å². The Kier molecular flexibility index (Phi) is 4.17. The molecule has 1 aliphatic rings. The van der Waals surface area contributed by atoms with Crippen molar-refractivity contribution >= 4 is 23.1 Å². The molecule has 0 aromatic carbocycles. The normalized spacial score (nSPS) is 21.2. The molecule has 21 heavy (non-hydrogen) atoms. The molecule has 2 atom stereocenters. The van der Waals surface area contributed by atoms with Crippen LogP contribution in [0.1, 0.15) is 23.7 Å². The Bertz CT molecular complexity index is 614. The highest BCUT2D eigenvalue weighted by molar-refractivity contribution is 7.08. The van der Waals surface area contributed by atoms with Crippen molar-refractivity contribution in [3.8, 4) is 0 Å². The number of hydrogen-bond acceptors (Lipinski definition) is 4. The van der Waals surface area contributed by atoms with Gasteiger partial charge in [-0.1, -0.05) is 6.07 Å². The third-order valence-corrected chi connectivity index (χ3v) is 4.39. The van der Waals surface area contributed by atoms with E-state index in [4.69, 9.17) is 4.74 Å². The minimum Gasteiger partial charge on any atom is -0.371 e. The predicted molar refractivity (Wildman–Crippen MR) is 82.5 cm³/mol. The van der Waals surface area contributed by atoms with Gasteiger partial charge in [0, 0.05) is 29.9 Å². The van der Waals surface area contributed by atoms with E-state index in [1.807, 2.05) is 29.8 Å². The van der Waals surface area contributed by atoms with Gasteiger partial charge in [0.2, 0.25) is 0 Å². The van der Waals surface area contributed by atoms with Crippen LogP contribution in [0.15, 0.2) is 35.3 Å². The number of urea groups is 1. The van der Waals surface area contributed by atoms with Gasteiger partial charge in [0.15, 0.2) is 0 Å². The number of aryl methyl sites for hydroxylation is 1. The first-order valence-corrected chi connectivity index (χ1v) is 7.80. The van der Waals surface area contributed by atoms with Gasteiger partial charge in [-0.25, -0.2) is 4.79 Å². The quantitative estimate of drug-likeness (QED) is 0.916. The summed E-state index contributed by atoms with van der Waals surface area (Å²) < 4.78 is 5.73. The van der Waals surface area contributed by atoms with Crippen molar-refractivity contribution in [3.05, 3.63) is 46.4 Å². The Balaban J connectivity index is 1.64. The van der Waals surface area contributed by atoms with E-state index >= 15 is 0 Å². The minimum atomic E-state index is -0.194. The van der Waals surface area contributed by atoms with Crippen LogP contribution in [0.2, 0.25) is 0 Å². The predicted octanol–water partition coefficient (Wildman–Crippen LogP) is 3.10. The lowest BCUT2D eigenvalue weighted by Gasteiger charge is -2.20. The number of carbonyl (C=O) groups excluding carboxylic acids is 1. The number of pyridine rings is 1. The highest BCUT2D eigenvalue weighted by Crippen LogP contribution is 2.28. The molecular formula is C15H17N3O2S. The molecule has 3 rings (SSSR count). The average molecular weight is 303 g/mol. The second-order valence-electron chi connectivity index (χ2n) is 5.04. The van der Waals surface area contributed by atoms with E-state index < -0.39 is 0 Å². The van der Waals surface area contributed by atoms with Crippen LogP contribution in [0.25, 0.3) is 0 Å². The largest absolute Gasteiger partial charge is 0.371 e. The van der Waals surface area contributed by atoms with E-state index in [0.29, 0.717) is 6.61 Å². The van der Waals surface area contributed by atoms with Crippen molar-refractivity contribution in [2.75, 3.05) is 11.9 Å². The summed E-state index contributed by atoms with van der Waals surface area (Å²) in [6, 6.07) is 3.62. The molecule has 2 N–H and O–H groups in total. The van der Waals surface area contributed by atoms with Crippen LogP contribution in [-0.4, -0.2) is 23.7 Å². The minimum absolute atomic E-state index is 0.0341. The summed E-state index contributed by atoms with van der Waals surface area (Å²) in [6.07, 6.45) is 4.18. The number of amides is 2. The van der Waals surface area contributed by atoms with E-state index in [1.165, 1.54) is 0 Å². The highest BCUT2D eigenvalue weighted by atomic mass is 32.1. The van der Waals surface area contributed by atoms with Crippen molar-refractivity contribution in [2.24, 2.45) is 0 Å². The topological polar surface area (TPSA) is 63.2 Å². The van der Waals surface area contributed by atoms with Crippen molar-refractivity contribution in [3.63, 3.8) is 0 Å². The molecule has 0 bridgehead atoms. The molecule has 0 aliphatic carbocycles. The Morgan fingerprint density at radius 2 is 2.38 bits per heavy atom. The molecular weight excluding hydrogens is 286 g/mol. The van der Waals surface area contributed by atoms with Crippen LogP contribution in [0.4, 0.5) is 10.5 Å². The number of thiophene rings is 1. The number of hydrogen-bond donors (Lipinski definition) is 2. The summed E-state index contributed by atoms with van der Waals surface area (Å²) >= 11 is 1.57. The molecule has 2 amide bonds. The van der Waals surface area contributed by atoms with Gasteiger partial charge < -0.3 is 15.4 Å². The van der Waals surface area contributed by atoms with Gasteiger partial charge in [-0.2, -0.15) is 0 Å². The summed E-state index contributed by atoms with van der Waals surface area (Å²) in [5.74, 6) is 0. The third kappa shape index (κ3) is 3.22. The number of carbonyl (C=O) groups is 1. The van der Waals surface area contributed by atoms with Crippen LogP contribution < -0.4 is 10.6 Å². The third-order valence-electron chi connectivity index (χ3n) is 3.52. The zero-order chi connectivity index (χ0) is 14.7. The van der Waals surface area contributed by atoms with E-state index in [-0.39, 0.29) is 18.2 Å². The highest BCUT2D eigenvalue weighted by Gasteiger charge is 2.31. The number of anilines is 1. The van der Waals surface area contributed by atoms with Gasteiger partial charge in [0.05, 0.1) is 11.7 Å². The van der Waals surface area contributed by atoms with Crippen LogP contribution in [0.3, 0.4) is 0 Å². The molecule has 2 aromatic rings. The molecule has 1 saturated heterocycles. The lowest BCUT2D eigenvalue weighted by Crippen LogP contribution is -2.39. The summed E-state index contributed by atoms with van der Waals surface area (Å²) in [4.78, 5) is 16.2. The summed E-state index contributed by atoms with van der Waals surface area (Å²) in [7, 11) is 0. The number of ether oxygens (including phenoxy) is 1. The fourth-order valence-electron chi connectivity index (χ4n) is 2.43. The van der Waals surface area contributed by atoms with Gasteiger partial charge >= 0.3 is 6.03 Å². The summed E-state index contributed by atoms with van der Waals surface area (Å²) in [5, 5.41) is 9.81. The van der Waals surface area contributed by atoms with Crippen LogP contribution in [0.5, 0.6) is 0 Å². The Morgan fingerprint density at radius 1 is 1.48 bits per heavy atom. The first-order valence-electron chi connectivity index (χ1n) is 6.86. The van der Waals surface area contributed by atoms with Crippen molar-refractivity contribution in [2.45, 2.75) is 25.5 Å². The zero-order valence-electron chi connectivity index (χ0n) is 11.7. The van der Waals surface area contributed by atoms with Crippen molar-refractivity contribution in [1.29, 1.82) is 0 Å². The smallest absolute Gasteiger partial charge is 0.319 e. The molecule has 0 spiro atoms. The molecule has 1 fully saturated rings. The van der Waals surface area contributed by atoms with Crippen molar-refractivity contribution < 1.29 is 9.53 Å². The molecule has 0 radical (unpaired) electrons. The molecule has 110 valence electrons. The Morgan fingerprint density at radius 3 is 3.10 bits per heavy atom. The van der Waals surface area contributed by atoms with Crippen LogP contribution in [-0.2, 0) is 4.74 Å². The molecule has 5 nitrogen and oxygen atoms in total. The average Bonchev–Trinajstić information content (AvgIpc) is 3.10. The molecule has 1 aliphatic heterocycles. The fraction of sp³-hybridized carbons (Fsp3) is 0.333. The van der Waals surface area contributed by atoms with E-state index in [0.717, 1.165) is 23.2 Å². The number of nitrogens with one attached hydrogen (secondary N) is 2. The van der Waals surface area contributed by atoms with Gasteiger partial charge in [-0.05, 0) is 30.4 Å². The second-order valence-corrected chi connectivity index (χ2v) is 5.78. The van der Waals surface area contributed by atoms with Gasteiger partial charge in [-0.3, -0.25) is 4.98 Å². The maximum atomic E-state index is 12.1. The first-order chi connectivity index (χ1) is 10.2. The maximum Gasteiger partial charge on any atom is 0.319 e. The Hall–Kier alpha value is -1.92. The van der Waals surface area contributed by atoms with E-state index in [1.54, 1.807) is 23.7 Å². The number of aromatic nitrogens is 1. The lowest BCUT2D eigenvalue weighted by atomic mass is 10.0. The van der Waals surface area contributed by atoms with Crippen molar-refractivity contribution in [1.82, 2.24) is 10.3 Å². The second kappa shape index (κ2) is 6.24. The van der Waals surface area contributed by atoms with E-state index in [2.05, 4.69) is 15.6 Å². The Labute approximate surface area is 127 Å². The van der Waals surface area contributed by atoms with Gasteiger partial charge in [0.1, 0.15) is 6.10 Å². The number of rotatable bonds is 3. The molecule has 6 heteroatoms. The molecule has 0 saturated carbocycles. The lowest BCUT2D eigenvalue weighted by molar-refractivity contribution is 0.100. The SMILES string of the molecule is Cc1cscc1NC(=O)N[C@H]1CCO[C@@H]1c1cccnc1. The first kappa shape index (κ1) is 14.0. The summed E-state index contributed by atoms with van der Waals surface area (Å²) in [6.45, 7) is 2.62. The molecule has 3 heterocycles. The van der Waals surface area contributed by atoms with Gasteiger partial charge in [0.25, 0.3) is 0 Å². The number of nitrogens with zero attached hydrogens (tertiary/aromatic N) is 1. The van der Waals surface area contributed by atoms with E-state index in [9.17, 15) is 4.79 Å². The van der Waals surface area contributed by atoms with Crippen LogP contribution >= 0.6 is 11.3 Å². The standard InChI is InChI=1S/C15H17N3O2S/c1-10-8-21-9-13(10)18-15(19)17-12-4-6-20-14(12)11-3-2-5-16-7-11/h2-3,5,7-9,12,14H,4,6H2,1H3,(H2,17,18,19)/t12-,14+/m0/s1. The summed E-state index contributed by atoms with van der Waals surface area (Å²) in [5.41, 5.74) is 2.92. The molecule has 2 aromatic heterocycles. The maximum absolute atomic E-state index is 12.1.